The first-order valence-corrected chi connectivity index (χ1v) is 7.25. The lowest BCUT2D eigenvalue weighted by Crippen LogP contribution is -2.47. The van der Waals surface area contributed by atoms with E-state index < -0.39 is 4.87 Å². The van der Waals surface area contributed by atoms with Crippen LogP contribution in [0.4, 0.5) is 0 Å². The zero-order valence-corrected chi connectivity index (χ0v) is 12.3. The third-order valence-corrected chi connectivity index (χ3v) is 5.29. The largest absolute Gasteiger partial charge is 0.490 e. The van der Waals surface area contributed by atoms with E-state index in [9.17, 15) is 4.79 Å². The van der Waals surface area contributed by atoms with E-state index in [1.807, 2.05) is 31.2 Å². The second-order valence-corrected chi connectivity index (χ2v) is 6.22. The van der Waals surface area contributed by atoms with Crippen LogP contribution in [-0.4, -0.2) is 33.9 Å². The van der Waals surface area contributed by atoms with Gasteiger partial charge in [-0.2, -0.15) is 0 Å². The van der Waals surface area contributed by atoms with E-state index in [1.165, 1.54) is 0 Å². The summed E-state index contributed by atoms with van der Waals surface area (Å²) in [5.74, 6) is 1.82. The van der Waals surface area contributed by atoms with Crippen molar-refractivity contribution in [1.29, 1.82) is 0 Å². The molecule has 0 aromatic heterocycles. The molecule has 1 fully saturated rings. The lowest BCUT2D eigenvalue weighted by Gasteiger charge is -2.31. The molecule has 2 rings (SSSR count). The van der Waals surface area contributed by atoms with Crippen molar-refractivity contribution < 1.29 is 9.53 Å². The molecule has 0 bridgehead atoms. The number of carbonyl (C=O) groups excluding carboxylic acids is 1. The van der Waals surface area contributed by atoms with Crippen molar-refractivity contribution in [3.8, 4) is 5.75 Å². The normalized spacial score (nSPS) is 24.2. The molecule has 1 aromatic carbocycles. The minimum atomic E-state index is -0.647. The standard InChI is InChI=1S/C13H17NO2S2/c1-10-5-3-4-6-12(10)16-9-13(11(2)15)14(17)7-8-18-13/h3-6,17H,7-9H2,1-2H3. The SMILES string of the molecule is CC(=O)C1(COc2ccccc2C)SCCN1S. The van der Waals surface area contributed by atoms with Crippen molar-refractivity contribution in [2.24, 2.45) is 0 Å². The summed E-state index contributed by atoms with van der Waals surface area (Å²) in [4.78, 5) is 11.2. The Morgan fingerprint density at radius 3 is 2.83 bits per heavy atom. The number of para-hydroxylation sites is 1. The Labute approximate surface area is 117 Å². The highest BCUT2D eigenvalue weighted by atomic mass is 32.2. The third-order valence-electron chi connectivity index (χ3n) is 3.13. The van der Waals surface area contributed by atoms with E-state index in [2.05, 4.69) is 12.8 Å². The van der Waals surface area contributed by atoms with E-state index in [0.717, 1.165) is 23.6 Å². The molecule has 1 saturated heterocycles. The summed E-state index contributed by atoms with van der Waals surface area (Å²) in [7, 11) is 0. The molecule has 1 aliphatic heterocycles. The highest BCUT2D eigenvalue weighted by Crippen LogP contribution is 2.38. The Bertz CT molecular complexity index is 452. The van der Waals surface area contributed by atoms with Crippen LogP contribution in [0.1, 0.15) is 12.5 Å². The average molecular weight is 283 g/mol. The van der Waals surface area contributed by atoms with Gasteiger partial charge in [0.15, 0.2) is 10.7 Å². The highest BCUT2D eigenvalue weighted by Gasteiger charge is 2.46. The lowest BCUT2D eigenvalue weighted by molar-refractivity contribution is -0.122. The summed E-state index contributed by atoms with van der Waals surface area (Å²) < 4.78 is 7.61. The zero-order valence-electron chi connectivity index (χ0n) is 10.5. The minimum absolute atomic E-state index is 0.0913. The van der Waals surface area contributed by atoms with E-state index in [1.54, 1.807) is 23.0 Å². The molecule has 5 heteroatoms. The fourth-order valence-electron chi connectivity index (χ4n) is 1.95. The quantitative estimate of drug-likeness (QED) is 0.860. The molecule has 0 amide bonds. The number of ketones is 1. The van der Waals surface area contributed by atoms with E-state index in [0.29, 0.717) is 6.61 Å². The predicted octanol–water partition coefficient (Wildman–Crippen LogP) is 2.55. The Balaban J connectivity index is 2.12. The Kier molecular flexibility index (Phi) is 4.25. The van der Waals surface area contributed by atoms with Crippen molar-refractivity contribution in [1.82, 2.24) is 4.31 Å². The van der Waals surface area contributed by atoms with Crippen molar-refractivity contribution in [3.05, 3.63) is 29.8 Å². The summed E-state index contributed by atoms with van der Waals surface area (Å²) in [6, 6.07) is 7.82. The van der Waals surface area contributed by atoms with E-state index >= 15 is 0 Å². The molecule has 1 atom stereocenters. The number of rotatable bonds is 4. The van der Waals surface area contributed by atoms with Gasteiger partial charge < -0.3 is 4.74 Å². The number of nitrogens with zero attached hydrogens (tertiary/aromatic N) is 1. The number of benzene rings is 1. The molecule has 0 radical (unpaired) electrons. The monoisotopic (exact) mass is 283 g/mol. The summed E-state index contributed by atoms with van der Waals surface area (Å²) in [6.07, 6.45) is 0. The van der Waals surface area contributed by atoms with Gasteiger partial charge >= 0.3 is 0 Å². The molecule has 1 heterocycles. The van der Waals surface area contributed by atoms with Crippen LogP contribution in [0, 0.1) is 6.92 Å². The van der Waals surface area contributed by atoms with Crippen LogP contribution in [0.5, 0.6) is 5.75 Å². The number of Topliss-reactive ketones (excluding diaryl/α,β-unsaturated/α-hetero) is 1. The molecule has 1 aromatic rings. The topological polar surface area (TPSA) is 29.5 Å². The summed E-state index contributed by atoms with van der Waals surface area (Å²) >= 11 is 6.00. The molecule has 0 spiro atoms. The van der Waals surface area contributed by atoms with Gasteiger partial charge in [0.2, 0.25) is 0 Å². The van der Waals surface area contributed by atoms with Crippen LogP contribution < -0.4 is 4.74 Å². The molecule has 0 aliphatic carbocycles. The van der Waals surface area contributed by atoms with Crippen LogP contribution in [0.25, 0.3) is 0 Å². The third kappa shape index (κ3) is 2.53. The Hall–Kier alpha value is -0.650. The second-order valence-electron chi connectivity index (χ2n) is 4.37. The molecule has 18 heavy (non-hydrogen) atoms. The highest BCUT2D eigenvalue weighted by molar-refractivity contribution is 8.02. The molecular formula is C13H17NO2S2. The van der Waals surface area contributed by atoms with Gasteiger partial charge in [0.25, 0.3) is 0 Å². The molecule has 98 valence electrons. The average Bonchev–Trinajstić information content (AvgIpc) is 2.71. The molecule has 1 aliphatic rings. The number of thiol groups is 1. The van der Waals surface area contributed by atoms with Crippen LogP contribution in [0.15, 0.2) is 24.3 Å². The second kappa shape index (κ2) is 5.55. The van der Waals surface area contributed by atoms with Gasteiger partial charge in [-0.15, -0.1) is 11.8 Å². The molecule has 0 N–H and O–H groups in total. The van der Waals surface area contributed by atoms with Crippen molar-refractivity contribution in [3.63, 3.8) is 0 Å². The van der Waals surface area contributed by atoms with Gasteiger partial charge in [0.05, 0.1) is 0 Å². The number of thioether (sulfide) groups is 1. The summed E-state index contributed by atoms with van der Waals surface area (Å²) in [5.41, 5.74) is 1.07. The Morgan fingerprint density at radius 1 is 1.56 bits per heavy atom. The van der Waals surface area contributed by atoms with Gasteiger partial charge in [-0.3, -0.25) is 4.79 Å². The molecule has 3 nitrogen and oxygen atoms in total. The fraction of sp³-hybridized carbons (Fsp3) is 0.462. The first kappa shape index (κ1) is 13.8. The maximum atomic E-state index is 11.9. The molecule has 0 saturated carbocycles. The maximum absolute atomic E-state index is 11.9. The van der Waals surface area contributed by atoms with Gasteiger partial charge in [-0.05, 0) is 25.5 Å². The minimum Gasteiger partial charge on any atom is -0.490 e. The van der Waals surface area contributed by atoms with Crippen molar-refractivity contribution >= 4 is 30.4 Å². The van der Waals surface area contributed by atoms with Gasteiger partial charge in [0, 0.05) is 12.3 Å². The lowest BCUT2D eigenvalue weighted by atomic mass is 10.2. The van der Waals surface area contributed by atoms with Gasteiger partial charge in [0.1, 0.15) is 12.4 Å². The first-order chi connectivity index (χ1) is 8.56. The zero-order chi connectivity index (χ0) is 13.2. The van der Waals surface area contributed by atoms with Crippen LogP contribution in [0.3, 0.4) is 0 Å². The van der Waals surface area contributed by atoms with E-state index in [4.69, 9.17) is 4.74 Å². The molecular weight excluding hydrogens is 266 g/mol. The van der Waals surface area contributed by atoms with Crippen molar-refractivity contribution in [2.75, 3.05) is 18.9 Å². The fourth-order valence-corrected chi connectivity index (χ4v) is 3.76. The van der Waals surface area contributed by atoms with Gasteiger partial charge in [-0.25, -0.2) is 4.31 Å². The number of hydrogen-bond acceptors (Lipinski definition) is 5. The Morgan fingerprint density at radius 2 is 2.28 bits per heavy atom. The summed E-state index contributed by atoms with van der Waals surface area (Å²) in [6.45, 7) is 4.73. The molecule has 1 unspecified atom stereocenters. The number of aryl methyl sites for hydroxylation is 1. The first-order valence-electron chi connectivity index (χ1n) is 5.86. The smallest absolute Gasteiger partial charge is 0.169 e. The van der Waals surface area contributed by atoms with Crippen LogP contribution in [-0.2, 0) is 4.79 Å². The number of carbonyl (C=O) groups is 1. The maximum Gasteiger partial charge on any atom is 0.169 e. The number of ether oxygens (including phenoxy) is 1. The van der Waals surface area contributed by atoms with Gasteiger partial charge in [-0.1, -0.05) is 31.0 Å². The van der Waals surface area contributed by atoms with Crippen molar-refractivity contribution in [2.45, 2.75) is 18.7 Å². The number of hydrogen-bond donors (Lipinski definition) is 1. The predicted molar refractivity (Wildman–Crippen MR) is 78.2 cm³/mol. The van der Waals surface area contributed by atoms with Crippen LogP contribution >= 0.6 is 24.6 Å². The summed E-state index contributed by atoms with van der Waals surface area (Å²) in [5, 5.41) is 0. The van der Waals surface area contributed by atoms with Crippen LogP contribution in [0.2, 0.25) is 0 Å². The van der Waals surface area contributed by atoms with E-state index in [-0.39, 0.29) is 5.78 Å².